The van der Waals surface area contributed by atoms with Crippen LogP contribution in [0, 0.1) is 0 Å². The third kappa shape index (κ3) is 3.95. The average Bonchev–Trinajstić information content (AvgIpc) is 3.34. The van der Waals surface area contributed by atoms with Gasteiger partial charge in [-0.05, 0) is 19.1 Å². The molecule has 0 atom stereocenters. The van der Waals surface area contributed by atoms with Crippen LogP contribution < -0.4 is 4.90 Å². The van der Waals surface area contributed by atoms with E-state index in [1.54, 1.807) is 6.07 Å². The van der Waals surface area contributed by atoms with E-state index in [-0.39, 0.29) is 0 Å². The highest BCUT2D eigenvalue weighted by Crippen LogP contribution is 2.28. The lowest BCUT2D eigenvalue weighted by Gasteiger charge is -2.27. The molecule has 0 N–H and O–H groups in total. The summed E-state index contributed by atoms with van der Waals surface area (Å²) in [4.78, 5) is 6.64. The molecule has 0 bridgehead atoms. The van der Waals surface area contributed by atoms with Crippen LogP contribution in [0.5, 0.6) is 0 Å². The monoisotopic (exact) mass is 406 g/mol. The van der Waals surface area contributed by atoms with E-state index >= 15 is 0 Å². The predicted molar refractivity (Wildman–Crippen MR) is 103 cm³/mol. The Hall–Kier alpha value is -2.10. The summed E-state index contributed by atoms with van der Waals surface area (Å²) in [5.41, 5.74) is 0.755. The quantitative estimate of drug-likeness (QED) is 0.577. The summed E-state index contributed by atoms with van der Waals surface area (Å²) >= 11 is 7.72. The van der Waals surface area contributed by atoms with E-state index in [2.05, 4.69) is 36.7 Å². The van der Waals surface area contributed by atoms with Crippen molar-refractivity contribution in [1.29, 1.82) is 0 Å². The number of nitrogens with zero attached hydrogens (tertiary/aromatic N) is 6. The summed E-state index contributed by atoms with van der Waals surface area (Å²) in [5.74, 6) is 2.40. The van der Waals surface area contributed by atoms with E-state index in [0.29, 0.717) is 35.7 Å². The molecule has 142 valence electrons. The first-order valence-electron chi connectivity index (χ1n) is 8.72. The Morgan fingerprint density at radius 1 is 1.19 bits per heavy atom. The molecule has 4 rings (SSSR count). The fraction of sp³-hybridized carbons (Fsp3) is 0.412. The van der Waals surface area contributed by atoms with Crippen molar-refractivity contribution >= 4 is 29.3 Å². The Bertz CT molecular complexity index is 908. The van der Waals surface area contributed by atoms with Gasteiger partial charge in [0.25, 0.3) is 0 Å². The Balaban J connectivity index is 1.46. The standard InChI is InChI=1S/C17H19ClN6O2S/c1-2-24-16(23-7-9-25-10-8-23)20-21-17(24)27-11-14-19-15(22-26-14)12-5-3-4-6-13(12)18/h3-6H,2,7-11H2,1H3. The van der Waals surface area contributed by atoms with Crippen molar-refractivity contribution in [2.75, 3.05) is 31.2 Å². The summed E-state index contributed by atoms with van der Waals surface area (Å²) < 4.78 is 12.9. The van der Waals surface area contributed by atoms with Gasteiger partial charge in [0.05, 0.1) is 24.0 Å². The second-order valence-corrected chi connectivity index (χ2v) is 7.26. The minimum Gasteiger partial charge on any atom is -0.378 e. The van der Waals surface area contributed by atoms with Gasteiger partial charge in [-0.2, -0.15) is 4.98 Å². The molecule has 10 heteroatoms. The molecule has 2 aromatic heterocycles. The molecular formula is C17H19ClN6O2S. The SMILES string of the molecule is CCn1c(SCc2nc(-c3ccccc3Cl)no2)nnc1N1CCOCC1. The van der Waals surface area contributed by atoms with Crippen molar-refractivity contribution in [2.24, 2.45) is 0 Å². The summed E-state index contributed by atoms with van der Waals surface area (Å²) in [6.45, 7) is 5.95. The Morgan fingerprint density at radius 2 is 2.00 bits per heavy atom. The van der Waals surface area contributed by atoms with Gasteiger partial charge in [-0.1, -0.05) is 40.7 Å². The van der Waals surface area contributed by atoms with E-state index in [9.17, 15) is 0 Å². The van der Waals surface area contributed by atoms with Gasteiger partial charge in [0.15, 0.2) is 5.16 Å². The first kappa shape index (κ1) is 18.3. The predicted octanol–water partition coefficient (Wildman–Crippen LogP) is 3.13. The minimum atomic E-state index is 0.488. The molecule has 27 heavy (non-hydrogen) atoms. The number of ether oxygens (including phenoxy) is 1. The van der Waals surface area contributed by atoms with Gasteiger partial charge in [-0.15, -0.1) is 10.2 Å². The fourth-order valence-corrected chi connectivity index (χ4v) is 3.91. The van der Waals surface area contributed by atoms with E-state index in [4.69, 9.17) is 20.9 Å². The van der Waals surface area contributed by atoms with Crippen LogP contribution >= 0.6 is 23.4 Å². The minimum absolute atomic E-state index is 0.488. The van der Waals surface area contributed by atoms with Gasteiger partial charge >= 0.3 is 0 Å². The summed E-state index contributed by atoms with van der Waals surface area (Å²) in [6.07, 6.45) is 0. The zero-order valence-electron chi connectivity index (χ0n) is 14.8. The second-order valence-electron chi connectivity index (χ2n) is 5.91. The third-order valence-corrected chi connectivity index (χ3v) is 5.50. The molecule has 1 aromatic carbocycles. The lowest BCUT2D eigenvalue weighted by Crippen LogP contribution is -2.38. The molecule has 0 radical (unpaired) electrons. The van der Waals surface area contributed by atoms with E-state index in [1.165, 1.54) is 11.8 Å². The van der Waals surface area contributed by atoms with Crippen molar-refractivity contribution in [1.82, 2.24) is 24.9 Å². The smallest absolute Gasteiger partial charge is 0.237 e. The van der Waals surface area contributed by atoms with Gasteiger partial charge in [0.2, 0.25) is 17.7 Å². The highest BCUT2D eigenvalue weighted by molar-refractivity contribution is 7.98. The molecule has 1 saturated heterocycles. The molecule has 3 aromatic rings. The average molecular weight is 407 g/mol. The highest BCUT2D eigenvalue weighted by atomic mass is 35.5. The number of hydrogen-bond donors (Lipinski definition) is 0. The van der Waals surface area contributed by atoms with E-state index < -0.39 is 0 Å². The maximum absolute atomic E-state index is 6.20. The van der Waals surface area contributed by atoms with Crippen LogP contribution in [-0.4, -0.2) is 51.2 Å². The fourth-order valence-electron chi connectivity index (χ4n) is 2.85. The van der Waals surface area contributed by atoms with Crippen LogP contribution in [-0.2, 0) is 17.0 Å². The molecule has 8 nitrogen and oxygen atoms in total. The number of benzene rings is 1. The highest BCUT2D eigenvalue weighted by Gasteiger charge is 2.20. The van der Waals surface area contributed by atoms with Gasteiger partial charge in [-0.3, -0.25) is 4.57 Å². The van der Waals surface area contributed by atoms with Crippen molar-refractivity contribution in [2.45, 2.75) is 24.4 Å². The maximum Gasteiger partial charge on any atom is 0.237 e. The first-order valence-corrected chi connectivity index (χ1v) is 10.1. The number of hydrogen-bond acceptors (Lipinski definition) is 8. The van der Waals surface area contributed by atoms with Gasteiger partial charge < -0.3 is 14.2 Å². The van der Waals surface area contributed by atoms with Crippen molar-refractivity contribution in [3.8, 4) is 11.4 Å². The first-order chi connectivity index (χ1) is 13.3. The summed E-state index contributed by atoms with van der Waals surface area (Å²) in [7, 11) is 0. The molecule has 0 amide bonds. The maximum atomic E-state index is 6.20. The lowest BCUT2D eigenvalue weighted by atomic mass is 10.2. The van der Waals surface area contributed by atoms with Crippen LogP contribution in [0.3, 0.4) is 0 Å². The Kier molecular flexibility index (Phi) is 5.61. The van der Waals surface area contributed by atoms with Gasteiger partial charge in [-0.25, -0.2) is 0 Å². The van der Waals surface area contributed by atoms with Crippen LogP contribution in [0.25, 0.3) is 11.4 Å². The largest absolute Gasteiger partial charge is 0.378 e. The topological polar surface area (TPSA) is 82.1 Å². The number of thioether (sulfide) groups is 1. The zero-order valence-corrected chi connectivity index (χ0v) is 16.4. The molecular weight excluding hydrogens is 388 g/mol. The molecule has 0 unspecified atom stereocenters. The third-order valence-electron chi connectivity index (χ3n) is 4.22. The number of halogens is 1. The van der Waals surface area contributed by atoms with Crippen molar-refractivity contribution in [3.05, 3.63) is 35.2 Å². The summed E-state index contributed by atoms with van der Waals surface area (Å²) in [5, 5.41) is 14.2. The number of rotatable bonds is 6. The normalized spacial score (nSPS) is 14.7. The van der Waals surface area contributed by atoms with Crippen LogP contribution in [0.4, 0.5) is 5.95 Å². The molecule has 1 aliphatic rings. The van der Waals surface area contributed by atoms with Crippen molar-refractivity contribution < 1.29 is 9.26 Å². The van der Waals surface area contributed by atoms with Gasteiger partial charge in [0, 0.05) is 25.2 Å². The van der Waals surface area contributed by atoms with Crippen LogP contribution in [0.1, 0.15) is 12.8 Å². The number of anilines is 1. The number of morpholine rings is 1. The molecule has 0 aliphatic carbocycles. The molecule has 0 spiro atoms. The van der Waals surface area contributed by atoms with E-state index in [1.807, 2.05) is 18.2 Å². The molecule has 1 aliphatic heterocycles. The molecule has 0 saturated carbocycles. The Labute approximate surface area is 165 Å². The van der Waals surface area contributed by atoms with Crippen LogP contribution in [0.15, 0.2) is 33.9 Å². The second kappa shape index (κ2) is 8.28. The van der Waals surface area contributed by atoms with Crippen LogP contribution in [0.2, 0.25) is 5.02 Å². The lowest BCUT2D eigenvalue weighted by molar-refractivity contribution is 0.121. The number of aromatic nitrogens is 5. The van der Waals surface area contributed by atoms with Crippen molar-refractivity contribution in [3.63, 3.8) is 0 Å². The molecule has 1 fully saturated rings. The van der Waals surface area contributed by atoms with E-state index in [0.717, 1.165) is 36.3 Å². The van der Waals surface area contributed by atoms with Gasteiger partial charge in [0.1, 0.15) is 0 Å². The Morgan fingerprint density at radius 3 is 2.78 bits per heavy atom. The zero-order chi connectivity index (χ0) is 18.6. The molecule has 3 heterocycles. The summed E-state index contributed by atoms with van der Waals surface area (Å²) in [6, 6.07) is 7.43.